The van der Waals surface area contributed by atoms with Gasteiger partial charge in [0.2, 0.25) is 0 Å². The highest BCUT2D eigenvalue weighted by molar-refractivity contribution is 7.99. The van der Waals surface area contributed by atoms with Crippen LogP contribution in [0.15, 0.2) is 24.3 Å². The highest BCUT2D eigenvalue weighted by Crippen LogP contribution is 2.31. The zero-order chi connectivity index (χ0) is 12.5. The summed E-state index contributed by atoms with van der Waals surface area (Å²) in [6, 6.07) is 8.09. The quantitative estimate of drug-likeness (QED) is 0.738. The molecule has 92 valence electrons. The lowest BCUT2D eigenvalue weighted by Crippen LogP contribution is -2.21. The van der Waals surface area contributed by atoms with Crippen molar-refractivity contribution in [2.45, 2.75) is 32.6 Å². The fourth-order valence-electron chi connectivity index (χ4n) is 2.31. The Hall–Kier alpha value is -0.760. The van der Waals surface area contributed by atoms with Crippen LogP contribution in [0.3, 0.4) is 0 Å². The molecule has 1 heterocycles. The maximum atomic E-state index is 12.5. The minimum Gasteiger partial charge on any atom is -0.294 e. The lowest BCUT2D eigenvalue weighted by molar-refractivity contribution is 0.0931. The maximum Gasteiger partial charge on any atom is 0.167 e. The van der Waals surface area contributed by atoms with Crippen LogP contribution in [-0.2, 0) is 5.41 Å². The SMILES string of the molecule is CC(C)(C)c1ccccc1C(=O)C1CCSC1. The van der Waals surface area contributed by atoms with E-state index in [2.05, 4.69) is 26.8 Å². The van der Waals surface area contributed by atoms with Crippen molar-refractivity contribution >= 4 is 17.5 Å². The first-order chi connectivity index (χ1) is 8.00. The van der Waals surface area contributed by atoms with Crippen LogP contribution in [0.4, 0.5) is 0 Å². The van der Waals surface area contributed by atoms with E-state index in [1.54, 1.807) is 0 Å². The van der Waals surface area contributed by atoms with Crippen molar-refractivity contribution in [3.63, 3.8) is 0 Å². The summed E-state index contributed by atoms with van der Waals surface area (Å²) in [6.45, 7) is 6.51. The lowest BCUT2D eigenvalue weighted by atomic mass is 9.81. The molecule has 2 rings (SSSR count). The zero-order valence-electron chi connectivity index (χ0n) is 10.8. The largest absolute Gasteiger partial charge is 0.294 e. The highest BCUT2D eigenvalue weighted by atomic mass is 32.2. The molecule has 1 atom stereocenters. The number of rotatable bonds is 2. The smallest absolute Gasteiger partial charge is 0.167 e. The third kappa shape index (κ3) is 2.74. The molecule has 0 amide bonds. The molecular weight excluding hydrogens is 228 g/mol. The first-order valence-corrected chi connectivity index (χ1v) is 7.37. The van der Waals surface area contributed by atoms with E-state index in [-0.39, 0.29) is 11.3 Å². The fourth-order valence-corrected chi connectivity index (χ4v) is 3.53. The van der Waals surface area contributed by atoms with Gasteiger partial charge in [-0.05, 0) is 23.2 Å². The van der Waals surface area contributed by atoms with E-state index < -0.39 is 0 Å². The monoisotopic (exact) mass is 248 g/mol. The molecule has 17 heavy (non-hydrogen) atoms. The van der Waals surface area contributed by atoms with Gasteiger partial charge in [0.05, 0.1) is 0 Å². The minimum absolute atomic E-state index is 0.0397. The van der Waals surface area contributed by atoms with Crippen LogP contribution < -0.4 is 0 Å². The molecule has 1 aliphatic heterocycles. The molecular formula is C15H20OS. The van der Waals surface area contributed by atoms with Crippen LogP contribution in [0, 0.1) is 5.92 Å². The number of hydrogen-bond donors (Lipinski definition) is 0. The summed E-state index contributed by atoms with van der Waals surface area (Å²) in [5.41, 5.74) is 2.16. The maximum absolute atomic E-state index is 12.5. The molecule has 1 nitrogen and oxygen atoms in total. The standard InChI is InChI=1S/C15H20OS/c1-15(2,3)13-7-5-4-6-12(13)14(16)11-8-9-17-10-11/h4-7,11H,8-10H2,1-3H3. The Bertz CT molecular complexity index is 411. The van der Waals surface area contributed by atoms with Crippen molar-refractivity contribution < 1.29 is 4.79 Å². The number of carbonyl (C=O) groups is 1. The van der Waals surface area contributed by atoms with Gasteiger partial charge in [0.15, 0.2) is 5.78 Å². The first kappa shape index (κ1) is 12.7. The van der Waals surface area contributed by atoms with E-state index in [1.807, 2.05) is 30.0 Å². The van der Waals surface area contributed by atoms with E-state index in [0.29, 0.717) is 5.78 Å². The topological polar surface area (TPSA) is 17.1 Å². The number of Topliss-reactive ketones (excluding diaryl/α,β-unsaturated/α-hetero) is 1. The van der Waals surface area contributed by atoms with Crippen LogP contribution in [0.5, 0.6) is 0 Å². The molecule has 1 fully saturated rings. The first-order valence-electron chi connectivity index (χ1n) is 6.21. The number of hydrogen-bond acceptors (Lipinski definition) is 2. The van der Waals surface area contributed by atoms with Gasteiger partial charge in [-0.25, -0.2) is 0 Å². The third-order valence-electron chi connectivity index (χ3n) is 3.30. The second kappa shape index (κ2) is 4.85. The summed E-state index contributed by atoms with van der Waals surface area (Å²) >= 11 is 1.90. The summed E-state index contributed by atoms with van der Waals surface area (Å²) in [5, 5.41) is 0. The Kier molecular flexibility index (Phi) is 3.62. The van der Waals surface area contributed by atoms with Crippen molar-refractivity contribution in [2.75, 3.05) is 11.5 Å². The van der Waals surface area contributed by atoms with Gasteiger partial charge in [0.25, 0.3) is 0 Å². The second-order valence-electron chi connectivity index (χ2n) is 5.72. The zero-order valence-corrected chi connectivity index (χ0v) is 11.6. The van der Waals surface area contributed by atoms with Crippen molar-refractivity contribution in [1.82, 2.24) is 0 Å². The predicted octanol–water partition coefficient (Wildman–Crippen LogP) is 3.92. The molecule has 0 aliphatic carbocycles. The normalized spacial score (nSPS) is 20.5. The minimum atomic E-state index is 0.0397. The molecule has 0 N–H and O–H groups in total. The molecule has 1 aromatic rings. The fraction of sp³-hybridized carbons (Fsp3) is 0.533. The molecule has 0 bridgehead atoms. The number of benzene rings is 1. The third-order valence-corrected chi connectivity index (χ3v) is 4.46. The van der Waals surface area contributed by atoms with Gasteiger partial charge in [-0.2, -0.15) is 11.8 Å². The number of thioether (sulfide) groups is 1. The molecule has 1 unspecified atom stereocenters. The number of carbonyl (C=O) groups excluding carboxylic acids is 1. The Balaban J connectivity index is 2.34. The Morgan fingerprint density at radius 1 is 1.29 bits per heavy atom. The molecule has 1 aromatic carbocycles. The van der Waals surface area contributed by atoms with Gasteiger partial charge >= 0.3 is 0 Å². The highest BCUT2D eigenvalue weighted by Gasteiger charge is 2.28. The Labute approximate surface area is 108 Å². The number of ketones is 1. The van der Waals surface area contributed by atoms with E-state index in [1.165, 1.54) is 5.56 Å². The van der Waals surface area contributed by atoms with Gasteiger partial charge in [-0.3, -0.25) is 4.79 Å². The van der Waals surface area contributed by atoms with Gasteiger partial charge in [0, 0.05) is 17.2 Å². The van der Waals surface area contributed by atoms with Crippen LogP contribution in [0.2, 0.25) is 0 Å². The summed E-state index contributed by atoms with van der Waals surface area (Å²) < 4.78 is 0. The second-order valence-corrected chi connectivity index (χ2v) is 6.87. The molecule has 1 aliphatic rings. The molecule has 2 heteroatoms. The Morgan fingerprint density at radius 3 is 2.59 bits per heavy atom. The van der Waals surface area contributed by atoms with Crippen LogP contribution in [0.1, 0.15) is 43.1 Å². The van der Waals surface area contributed by atoms with Crippen molar-refractivity contribution in [3.8, 4) is 0 Å². The van der Waals surface area contributed by atoms with Crippen molar-refractivity contribution in [3.05, 3.63) is 35.4 Å². The van der Waals surface area contributed by atoms with Crippen molar-refractivity contribution in [2.24, 2.45) is 5.92 Å². The summed E-state index contributed by atoms with van der Waals surface area (Å²) in [6.07, 6.45) is 1.04. The van der Waals surface area contributed by atoms with Gasteiger partial charge in [-0.15, -0.1) is 0 Å². The van der Waals surface area contributed by atoms with Crippen LogP contribution in [-0.4, -0.2) is 17.3 Å². The van der Waals surface area contributed by atoms with Crippen LogP contribution >= 0.6 is 11.8 Å². The summed E-state index contributed by atoms with van der Waals surface area (Å²) in [4.78, 5) is 12.5. The molecule has 0 aromatic heterocycles. The van der Waals surface area contributed by atoms with E-state index in [4.69, 9.17) is 0 Å². The lowest BCUT2D eigenvalue weighted by Gasteiger charge is -2.23. The van der Waals surface area contributed by atoms with E-state index in [9.17, 15) is 4.79 Å². The van der Waals surface area contributed by atoms with Gasteiger partial charge in [0.1, 0.15) is 0 Å². The average molecular weight is 248 g/mol. The van der Waals surface area contributed by atoms with Crippen LogP contribution in [0.25, 0.3) is 0 Å². The summed E-state index contributed by atoms with van der Waals surface area (Å²) in [7, 11) is 0. The van der Waals surface area contributed by atoms with Gasteiger partial charge < -0.3 is 0 Å². The average Bonchev–Trinajstić information content (AvgIpc) is 2.80. The van der Waals surface area contributed by atoms with Gasteiger partial charge in [-0.1, -0.05) is 45.0 Å². The molecule has 0 saturated carbocycles. The van der Waals surface area contributed by atoms with Crippen molar-refractivity contribution in [1.29, 1.82) is 0 Å². The predicted molar refractivity (Wildman–Crippen MR) is 74.9 cm³/mol. The molecule has 1 saturated heterocycles. The van der Waals surface area contributed by atoms with E-state index >= 15 is 0 Å². The summed E-state index contributed by atoms with van der Waals surface area (Å²) in [5.74, 6) is 2.72. The van der Waals surface area contributed by atoms with E-state index in [0.717, 1.165) is 23.5 Å². The Morgan fingerprint density at radius 2 is 2.00 bits per heavy atom. The molecule has 0 spiro atoms. The molecule has 0 radical (unpaired) electrons.